The quantitative estimate of drug-likeness (QED) is 0.484. The maximum Gasteiger partial charge on any atom is 0.141 e. The molecule has 0 atom stereocenters. The summed E-state index contributed by atoms with van der Waals surface area (Å²) in [4.78, 5) is 4.89. The van der Waals surface area contributed by atoms with Crippen molar-refractivity contribution in [1.29, 1.82) is 0 Å². The molecule has 2 N–H and O–H groups in total. The number of hydrogen-bond donors (Lipinski definition) is 1. The molecule has 4 aromatic rings. The van der Waals surface area contributed by atoms with Crippen LogP contribution in [0.4, 0.5) is 5.69 Å². The molecular formula is C24H25N3. The van der Waals surface area contributed by atoms with Crippen LogP contribution in [0.15, 0.2) is 72.8 Å². The van der Waals surface area contributed by atoms with Crippen molar-refractivity contribution >= 4 is 16.7 Å². The van der Waals surface area contributed by atoms with Crippen LogP contribution >= 0.6 is 0 Å². The van der Waals surface area contributed by atoms with Crippen molar-refractivity contribution in [3.8, 4) is 11.4 Å². The van der Waals surface area contributed by atoms with Crippen molar-refractivity contribution in [2.24, 2.45) is 0 Å². The summed E-state index contributed by atoms with van der Waals surface area (Å²) in [5.41, 5.74) is 12.6. The Balaban J connectivity index is 1.78. The molecule has 0 radical (unpaired) electrons. The van der Waals surface area contributed by atoms with E-state index < -0.39 is 0 Å². The smallest absolute Gasteiger partial charge is 0.141 e. The Morgan fingerprint density at radius 2 is 1.52 bits per heavy atom. The van der Waals surface area contributed by atoms with Gasteiger partial charge in [-0.05, 0) is 52.9 Å². The van der Waals surface area contributed by atoms with Crippen molar-refractivity contribution < 1.29 is 0 Å². The molecule has 3 heteroatoms. The van der Waals surface area contributed by atoms with Gasteiger partial charge in [-0.25, -0.2) is 4.98 Å². The maximum atomic E-state index is 5.86. The Bertz CT molecular complexity index is 1070. The van der Waals surface area contributed by atoms with Gasteiger partial charge < -0.3 is 10.3 Å². The minimum atomic E-state index is 0.162. The van der Waals surface area contributed by atoms with Crippen LogP contribution in [0.1, 0.15) is 31.9 Å². The predicted molar refractivity (Wildman–Crippen MR) is 114 cm³/mol. The van der Waals surface area contributed by atoms with Gasteiger partial charge in [-0.3, -0.25) is 0 Å². The van der Waals surface area contributed by atoms with Crippen LogP contribution in [0.3, 0.4) is 0 Å². The van der Waals surface area contributed by atoms with Gasteiger partial charge in [0.2, 0.25) is 0 Å². The van der Waals surface area contributed by atoms with Crippen LogP contribution in [-0.4, -0.2) is 9.55 Å². The van der Waals surface area contributed by atoms with Gasteiger partial charge in [0, 0.05) is 17.8 Å². The van der Waals surface area contributed by atoms with Crippen molar-refractivity contribution in [3.63, 3.8) is 0 Å². The molecule has 3 nitrogen and oxygen atoms in total. The van der Waals surface area contributed by atoms with E-state index in [0.29, 0.717) is 0 Å². The lowest BCUT2D eigenvalue weighted by Gasteiger charge is -2.19. The first-order chi connectivity index (χ1) is 12.9. The van der Waals surface area contributed by atoms with Crippen LogP contribution < -0.4 is 5.73 Å². The maximum absolute atomic E-state index is 5.86. The van der Waals surface area contributed by atoms with Crippen LogP contribution in [0.5, 0.6) is 0 Å². The molecule has 0 fully saturated rings. The lowest BCUT2D eigenvalue weighted by atomic mass is 9.87. The van der Waals surface area contributed by atoms with Crippen LogP contribution in [0.25, 0.3) is 22.4 Å². The highest BCUT2D eigenvalue weighted by Crippen LogP contribution is 2.27. The number of nitrogen functional groups attached to an aromatic ring is 1. The Morgan fingerprint density at radius 1 is 0.852 bits per heavy atom. The summed E-state index contributed by atoms with van der Waals surface area (Å²) in [6.07, 6.45) is 0. The van der Waals surface area contributed by atoms with Gasteiger partial charge in [-0.2, -0.15) is 0 Å². The molecule has 27 heavy (non-hydrogen) atoms. The fourth-order valence-corrected chi connectivity index (χ4v) is 3.38. The molecule has 0 amide bonds. The molecule has 0 aliphatic heterocycles. The van der Waals surface area contributed by atoms with Gasteiger partial charge in [0.25, 0.3) is 0 Å². The molecule has 1 aromatic heterocycles. The molecule has 0 spiro atoms. The van der Waals surface area contributed by atoms with Crippen LogP contribution in [-0.2, 0) is 12.0 Å². The molecular weight excluding hydrogens is 330 g/mol. The molecule has 0 saturated heterocycles. The molecule has 0 bridgehead atoms. The fraction of sp³-hybridized carbons (Fsp3) is 0.208. The Hall–Kier alpha value is -3.07. The normalized spacial score (nSPS) is 11.8. The number of imidazole rings is 1. The highest BCUT2D eigenvalue weighted by molar-refractivity contribution is 5.81. The van der Waals surface area contributed by atoms with E-state index in [9.17, 15) is 0 Å². The summed E-state index contributed by atoms with van der Waals surface area (Å²) in [6.45, 7) is 7.50. The van der Waals surface area contributed by atoms with Crippen molar-refractivity contribution in [2.75, 3.05) is 5.73 Å². The molecule has 0 aliphatic carbocycles. The summed E-state index contributed by atoms with van der Waals surface area (Å²) >= 11 is 0. The van der Waals surface area contributed by atoms with E-state index in [1.165, 1.54) is 11.1 Å². The minimum absolute atomic E-state index is 0.162. The van der Waals surface area contributed by atoms with Gasteiger partial charge in [-0.15, -0.1) is 0 Å². The number of hydrogen-bond acceptors (Lipinski definition) is 2. The second kappa shape index (κ2) is 6.58. The molecule has 1 heterocycles. The standard InChI is InChI=1S/C24H25N3/c1-24(2,3)19-12-8-17(9-13-19)16-27-22-7-5-4-6-21(22)26-23(27)18-10-14-20(25)15-11-18/h4-15H,16,25H2,1-3H3. The van der Waals surface area contributed by atoms with Crippen molar-refractivity contribution in [2.45, 2.75) is 32.7 Å². The van der Waals surface area contributed by atoms with Gasteiger partial charge in [-0.1, -0.05) is 57.2 Å². The average molecular weight is 355 g/mol. The third kappa shape index (κ3) is 3.45. The Kier molecular flexibility index (Phi) is 4.23. The van der Waals surface area contributed by atoms with Gasteiger partial charge >= 0.3 is 0 Å². The van der Waals surface area contributed by atoms with E-state index in [-0.39, 0.29) is 5.41 Å². The predicted octanol–water partition coefficient (Wildman–Crippen LogP) is 5.63. The van der Waals surface area contributed by atoms with E-state index in [2.05, 4.69) is 67.8 Å². The summed E-state index contributed by atoms with van der Waals surface area (Å²) in [5, 5.41) is 0. The third-order valence-electron chi connectivity index (χ3n) is 4.98. The summed E-state index contributed by atoms with van der Waals surface area (Å²) in [7, 11) is 0. The number of fused-ring (bicyclic) bond motifs is 1. The zero-order valence-electron chi connectivity index (χ0n) is 16.1. The van der Waals surface area contributed by atoms with Gasteiger partial charge in [0.05, 0.1) is 11.0 Å². The van der Waals surface area contributed by atoms with Crippen molar-refractivity contribution in [1.82, 2.24) is 9.55 Å². The lowest BCUT2D eigenvalue weighted by Crippen LogP contribution is -2.11. The number of nitrogens with zero attached hydrogens (tertiary/aromatic N) is 2. The SMILES string of the molecule is CC(C)(C)c1ccc(Cn2c(-c3ccc(N)cc3)nc3ccccc32)cc1. The van der Waals surface area contributed by atoms with Gasteiger partial charge in [0.1, 0.15) is 5.82 Å². The molecule has 0 saturated carbocycles. The molecule has 136 valence electrons. The van der Waals surface area contributed by atoms with E-state index >= 15 is 0 Å². The highest BCUT2D eigenvalue weighted by Gasteiger charge is 2.15. The minimum Gasteiger partial charge on any atom is -0.399 e. The van der Waals surface area contributed by atoms with Crippen molar-refractivity contribution in [3.05, 3.63) is 83.9 Å². The number of nitrogens with two attached hydrogens (primary N) is 1. The summed E-state index contributed by atoms with van der Waals surface area (Å²) in [6, 6.07) is 25.1. The lowest BCUT2D eigenvalue weighted by molar-refractivity contribution is 0.590. The van der Waals surface area contributed by atoms with E-state index in [1.54, 1.807) is 0 Å². The third-order valence-corrected chi connectivity index (χ3v) is 4.98. The van der Waals surface area contributed by atoms with E-state index in [1.807, 2.05) is 30.3 Å². The number of rotatable bonds is 3. The Labute approximate surface area is 160 Å². The first kappa shape index (κ1) is 17.3. The zero-order valence-corrected chi connectivity index (χ0v) is 16.1. The summed E-state index contributed by atoms with van der Waals surface area (Å²) < 4.78 is 2.28. The zero-order chi connectivity index (χ0) is 19.0. The summed E-state index contributed by atoms with van der Waals surface area (Å²) in [5.74, 6) is 0.969. The van der Waals surface area contributed by atoms with Crippen LogP contribution in [0, 0.1) is 0 Å². The number of para-hydroxylation sites is 2. The first-order valence-corrected chi connectivity index (χ1v) is 9.32. The second-order valence-corrected chi connectivity index (χ2v) is 8.08. The molecule has 0 aliphatic rings. The van der Waals surface area contributed by atoms with E-state index in [0.717, 1.165) is 34.7 Å². The highest BCUT2D eigenvalue weighted by atomic mass is 15.1. The largest absolute Gasteiger partial charge is 0.399 e. The topological polar surface area (TPSA) is 43.8 Å². The monoisotopic (exact) mass is 355 g/mol. The second-order valence-electron chi connectivity index (χ2n) is 8.08. The molecule has 0 unspecified atom stereocenters. The number of anilines is 1. The van der Waals surface area contributed by atoms with Gasteiger partial charge in [0.15, 0.2) is 0 Å². The molecule has 4 rings (SSSR count). The average Bonchev–Trinajstić information content (AvgIpc) is 3.01. The molecule has 3 aromatic carbocycles. The van der Waals surface area contributed by atoms with Crippen LogP contribution in [0.2, 0.25) is 0 Å². The number of aromatic nitrogens is 2. The number of benzene rings is 3. The first-order valence-electron chi connectivity index (χ1n) is 9.32. The Morgan fingerprint density at radius 3 is 2.19 bits per heavy atom. The fourth-order valence-electron chi connectivity index (χ4n) is 3.38. The van der Waals surface area contributed by atoms with E-state index in [4.69, 9.17) is 10.7 Å².